The predicted molar refractivity (Wildman–Crippen MR) is 83.7 cm³/mol. The molecule has 1 unspecified atom stereocenters. The zero-order valence-corrected chi connectivity index (χ0v) is 13.5. The van der Waals surface area contributed by atoms with Crippen molar-refractivity contribution in [3.63, 3.8) is 0 Å². The molecule has 4 heteroatoms. The molecule has 0 aromatic heterocycles. The Kier molecular flexibility index (Phi) is 3.71. The van der Waals surface area contributed by atoms with Crippen LogP contribution in [0.1, 0.15) is 63.1 Å². The number of carbonyl (C=O) groups excluding carboxylic acids is 2. The fourth-order valence-electron chi connectivity index (χ4n) is 3.06. The minimum atomic E-state index is -0.552. The maximum atomic E-state index is 12.4. The molecule has 0 radical (unpaired) electrons. The van der Waals surface area contributed by atoms with Gasteiger partial charge in [-0.2, -0.15) is 0 Å². The van der Waals surface area contributed by atoms with Gasteiger partial charge in [-0.15, -0.1) is 0 Å². The Morgan fingerprint density at radius 2 is 1.82 bits per heavy atom. The normalized spacial score (nSPS) is 22.0. The SMILES string of the molecule is CC(C)(C)OC(=O)N1CC(=O)CC1c1ccccc1C1CC1. The number of ketones is 1. The zero-order chi connectivity index (χ0) is 15.9. The monoisotopic (exact) mass is 301 g/mol. The van der Waals surface area contributed by atoms with Gasteiger partial charge in [0.2, 0.25) is 0 Å². The second-order valence-electron chi connectivity index (χ2n) is 7.27. The molecule has 1 atom stereocenters. The van der Waals surface area contributed by atoms with Gasteiger partial charge in [0.05, 0.1) is 12.6 Å². The average Bonchev–Trinajstić information content (AvgIpc) is 3.19. The molecule has 4 nitrogen and oxygen atoms in total. The summed E-state index contributed by atoms with van der Waals surface area (Å²) in [5.74, 6) is 0.689. The largest absolute Gasteiger partial charge is 0.444 e. The van der Waals surface area contributed by atoms with E-state index in [1.807, 2.05) is 39.0 Å². The molecular formula is C18H23NO3. The average molecular weight is 301 g/mol. The van der Waals surface area contributed by atoms with Gasteiger partial charge in [0.25, 0.3) is 0 Å². The van der Waals surface area contributed by atoms with E-state index in [0.29, 0.717) is 12.3 Å². The van der Waals surface area contributed by atoms with Crippen LogP contribution in [-0.4, -0.2) is 28.9 Å². The lowest BCUT2D eigenvalue weighted by Crippen LogP contribution is -2.37. The lowest BCUT2D eigenvalue weighted by atomic mass is 9.95. The summed E-state index contributed by atoms with van der Waals surface area (Å²) in [5, 5.41) is 0. The molecule has 1 saturated carbocycles. The summed E-state index contributed by atoms with van der Waals surface area (Å²) < 4.78 is 5.47. The maximum absolute atomic E-state index is 12.4. The topological polar surface area (TPSA) is 46.6 Å². The molecule has 0 bridgehead atoms. The van der Waals surface area contributed by atoms with Crippen molar-refractivity contribution in [2.75, 3.05) is 6.54 Å². The number of nitrogens with zero attached hydrogens (tertiary/aromatic N) is 1. The first-order valence-electron chi connectivity index (χ1n) is 7.95. The number of carbonyl (C=O) groups is 2. The Hall–Kier alpha value is -1.84. The minimum absolute atomic E-state index is 0.0986. The number of hydrogen-bond acceptors (Lipinski definition) is 3. The lowest BCUT2D eigenvalue weighted by Gasteiger charge is -2.29. The fraction of sp³-hybridized carbons (Fsp3) is 0.556. The highest BCUT2D eigenvalue weighted by Crippen LogP contribution is 2.45. The molecule has 1 amide bonds. The van der Waals surface area contributed by atoms with Crippen LogP contribution in [0.5, 0.6) is 0 Å². The van der Waals surface area contributed by atoms with Gasteiger partial charge < -0.3 is 4.74 Å². The van der Waals surface area contributed by atoms with Crippen molar-refractivity contribution < 1.29 is 14.3 Å². The molecule has 1 aliphatic carbocycles. The summed E-state index contributed by atoms with van der Waals surface area (Å²) >= 11 is 0. The maximum Gasteiger partial charge on any atom is 0.411 e. The van der Waals surface area contributed by atoms with Gasteiger partial charge in [-0.3, -0.25) is 9.69 Å². The molecule has 2 aliphatic rings. The van der Waals surface area contributed by atoms with Crippen molar-refractivity contribution in [1.82, 2.24) is 4.90 Å². The van der Waals surface area contributed by atoms with Crippen molar-refractivity contribution in [3.8, 4) is 0 Å². The van der Waals surface area contributed by atoms with E-state index in [4.69, 9.17) is 4.74 Å². The molecular weight excluding hydrogens is 278 g/mol. The van der Waals surface area contributed by atoms with E-state index in [9.17, 15) is 9.59 Å². The number of likely N-dealkylation sites (tertiary alicyclic amines) is 1. The molecule has 0 spiro atoms. The van der Waals surface area contributed by atoms with E-state index < -0.39 is 11.7 Å². The number of hydrogen-bond donors (Lipinski definition) is 0. The molecule has 1 heterocycles. The van der Waals surface area contributed by atoms with Crippen molar-refractivity contribution >= 4 is 11.9 Å². The summed E-state index contributed by atoms with van der Waals surface area (Å²) in [6.07, 6.45) is 2.39. The molecule has 1 aromatic rings. The number of rotatable bonds is 2. The second kappa shape index (κ2) is 5.41. The smallest absolute Gasteiger partial charge is 0.411 e. The number of amides is 1. The van der Waals surface area contributed by atoms with Crippen molar-refractivity contribution in [2.45, 2.75) is 57.6 Å². The molecule has 3 rings (SSSR count). The third kappa shape index (κ3) is 3.16. The minimum Gasteiger partial charge on any atom is -0.444 e. The highest BCUT2D eigenvalue weighted by Gasteiger charge is 2.39. The van der Waals surface area contributed by atoms with Gasteiger partial charge in [0.15, 0.2) is 5.78 Å². The van der Waals surface area contributed by atoms with E-state index in [0.717, 1.165) is 5.56 Å². The van der Waals surface area contributed by atoms with Gasteiger partial charge >= 0.3 is 6.09 Å². The summed E-state index contributed by atoms with van der Waals surface area (Å²) in [6.45, 7) is 5.68. The predicted octanol–water partition coefficient (Wildman–Crippen LogP) is 3.82. The standard InChI is InChI=1S/C18H23NO3/c1-18(2,3)22-17(21)19-11-13(20)10-16(19)15-7-5-4-6-14(15)12-8-9-12/h4-7,12,16H,8-11H2,1-3H3. The quantitative estimate of drug-likeness (QED) is 0.834. The van der Waals surface area contributed by atoms with E-state index in [2.05, 4.69) is 6.07 Å². The van der Waals surface area contributed by atoms with Crippen LogP contribution in [0.4, 0.5) is 4.79 Å². The summed E-state index contributed by atoms with van der Waals surface area (Å²) in [6, 6.07) is 8.01. The Labute approximate surface area is 131 Å². The highest BCUT2D eigenvalue weighted by atomic mass is 16.6. The Balaban J connectivity index is 1.88. The van der Waals surface area contributed by atoms with E-state index in [-0.39, 0.29) is 18.4 Å². The van der Waals surface area contributed by atoms with Crippen LogP contribution in [-0.2, 0) is 9.53 Å². The third-order valence-corrected chi connectivity index (χ3v) is 4.14. The number of ether oxygens (including phenoxy) is 1. The molecule has 0 N–H and O–H groups in total. The Bertz CT molecular complexity index is 599. The van der Waals surface area contributed by atoms with Gasteiger partial charge in [-0.25, -0.2) is 4.79 Å². The second-order valence-corrected chi connectivity index (χ2v) is 7.27. The van der Waals surface area contributed by atoms with Crippen LogP contribution in [0, 0.1) is 0 Å². The summed E-state index contributed by atoms with van der Waals surface area (Å²) in [7, 11) is 0. The summed E-state index contributed by atoms with van der Waals surface area (Å²) in [5.41, 5.74) is 1.85. The third-order valence-electron chi connectivity index (χ3n) is 4.14. The molecule has 2 fully saturated rings. The summed E-state index contributed by atoms with van der Waals surface area (Å²) in [4.78, 5) is 26.0. The number of benzene rings is 1. The van der Waals surface area contributed by atoms with Crippen LogP contribution >= 0.6 is 0 Å². The van der Waals surface area contributed by atoms with Crippen LogP contribution in [0.15, 0.2) is 24.3 Å². The van der Waals surface area contributed by atoms with Crippen LogP contribution in [0.2, 0.25) is 0 Å². The number of Topliss-reactive ketones (excluding diaryl/α,β-unsaturated/α-hetero) is 1. The van der Waals surface area contributed by atoms with Crippen molar-refractivity contribution in [1.29, 1.82) is 0 Å². The molecule has 22 heavy (non-hydrogen) atoms. The molecule has 1 aromatic carbocycles. The first-order chi connectivity index (χ1) is 10.3. The van der Waals surface area contributed by atoms with Crippen LogP contribution in [0.3, 0.4) is 0 Å². The fourth-order valence-corrected chi connectivity index (χ4v) is 3.06. The van der Waals surface area contributed by atoms with Crippen LogP contribution < -0.4 is 0 Å². The molecule has 1 saturated heterocycles. The van der Waals surface area contributed by atoms with Gasteiger partial charge in [0.1, 0.15) is 5.60 Å². The molecule has 1 aliphatic heterocycles. The van der Waals surface area contributed by atoms with Gasteiger partial charge in [-0.05, 0) is 50.7 Å². The Morgan fingerprint density at radius 3 is 2.41 bits per heavy atom. The van der Waals surface area contributed by atoms with Crippen LogP contribution in [0.25, 0.3) is 0 Å². The van der Waals surface area contributed by atoms with Gasteiger partial charge in [-0.1, -0.05) is 24.3 Å². The zero-order valence-electron chi connectivity index (χ0n) is 13.5. The first-order valence-corrected chi connectivity index (χ1v) is 7.95. The van der Waals surface area contributed by atoms with E-state index in [1.165, 1.54) is 18.4 Å². The van der Waals surface area contributed by atoms with Crippen molar-refractivity contribution in [3.05, 3.63) is 35.4 Å². The van der Waals surface area contributed by atoms with E-state index >= 15 is 0 Å². The molecule has 118 valence electrons. The van der Waals surface area contributed by atoms with E-state index in [1.54, 1.807) is 4.90 Å². The van der Waals surface area contributed by atoms with Gasteiger partial charge in [0, 0.05) is 6.42 Å². The highest BCUT2D eigenvalue weighted by molar-refractivity contribution is 5.88. The lowest BCUT2D eigenvalue weighted by molar-refractivity contribution is -0.117. The first kappa shape index (κ1) is 15.1. The Morgan fingerprint density at radius 1 is 1.18 bits per heavy atom. The van der Waals surface area contributed by atoms with Crippen molar-refractivity contribution in [2.24, 2.45) is 0 Å².